The molecule has 1 aliphatic heterocycles. The summed E-state index contributed by atoms with van der Waals surface area (Å²) in [6.07, 6.45) is 1.16. The zero-order chi connectivity index (χ0) is 18.2. The van der Waals surface area contributed by atoms with Gasteiger partial charge in [-0.15, -0.1) is 11.3 Å². The number of nitrogens with one attached hydrogen (secondary N) is 1. The van der Waals surface area contributed by atoms with Gasteiger partial charge in [0.2, 0.25) is 5.91 Å². The summed E-state index contributed by atoms with van der Waals surface area (Å²) in [5, 5.41) is 4.99. The third-order valence-electron chi connectivity index (χ3n) is 4.24. The first-order valence-electron chi connectivity index (χ1n) is 7.93. The van der Waals surface area contributed by atoms with Crippen molar-refractivity contribution in [1.82, 2.24) is 4.31 Å². The number of anilines is 1. The Hall–Kier alpha value is -1.41. The van der Waals surface area contributed by atoms with Gasteiger partial charge in [-0.05, 0) is 55.3 Å². The highest BCUT2D eigenvalue weighted by atomic mass is 35.5. The summed E-state index contributed by atoms with van der Waals surface area (Å²) in [6.45, 7) is 4.14. The summed E-state index contributed by atoms with van der Waals surface area (Å²) >= 11 is 7.41. The molecule has 8 heteroatoms. The van der Waals surface area contributed by atoms with Crippen LogP contribution in [0.5, 0.6) is 0 Å². The van der Waals surface area contributed by atoms with Gasteiger partial charge in [0, 0.05) is 6.54 Å². The number of thiophene rings is 1. The van der Waals surface area contributed by atoms with E-state index in [1.54, 1.807) is 23.6 Å². The highest BCUT2D eigenvalue weighted by Gasteiger charge is 2.40. The molecule has 5 nitrogen and oxygen atoms in total. The van der Waals surface area contributed by atoms with Gasteiger partial charge >= 0.3 is 0 Å². The van der Waals surface area contributed by atoms with Crippen molar-refractivity contribution in [1.29, 1.82) is 0 Å². The molecule has 0 bridgehead atoms. The van der Waals surface area contributed by atoms with Gasteiger partial charge in [0.25, 0.3) is 10.0 Å². The molecule has 1 unspecified atom stereocenters. The molecule has 1 aromatic heterocycles. The second-order valence-electron chi connectivity index (χ2n) is 6.13. The predicted molar refractivity (Wildman–Crippen MR) is 101 cm³/mol. The van der Waals surface area contributed by atoms with E-state index in [4.69, 9.17) is 11.6 Å². The van der Waals surface area contributed by atoms with E-state index in [0.29, 0.717) is 30.1 Å². The number of amides is 1. The number of halogens is 1. The van der Waals surface area contributed by atoms with Gasteiger partial charge in [0.1, 0.15) is 10.3 Å². The number of benzene rings is 1. The van der Waals surface area contributed by atoms with Gasteiger partial charge in [-0.2, -0.15) is 4.31 Å². The van der Waals surface area contributed by atoms with Crippen molar-refractivity contribution >= 4 is 44.6 Å². The second kappa shape index (κ2) is 7.07. The van der Waals surface area contributed by atoms with Crippen LogP contribution in [0.4, 0.5) is 5.69 Å². The van der Waals surface area contributed by atoms with E-state index in [1.807, 2.05) is 19.9 Å². The van der Waals surface area contributed by atoms with Crippen molar-refractivity contribution in [3.05, 3.63) is 45.8 Å². The molecule has 0 aliphatic carbocycles. The number of rotatable bonds is 4. The molecule has 0 spiro atoms. The van der Waals surface area contributed by atoms with E-state index in [-0.39, 0.29) is 10.1 Å². The van der Waals surface area contributed by atoms with Crippen LogP contribution in [-0.4, -0.2) is 31.2 Å². The topological polar surface area (TPSA) is 66.5 Å². The van der Waals surface area contributed by atoms with Gasteiger partial charge in [-0.3, -0.25) is 4.79 Å². The fourth-order valence-electron chi connectivity index (χ4n) is 3.10. The summed E-state index contributed by atoms with van der Waals surface area (Å²) in [5.41, 5.74) is 2.39. The average Bonchev–Trinajstić information content (AvgIpc) is 3.21. The monoisotopic (exact) mass is 398 g/mol. The van der Waals surface area contributed by atoms with Crippen molar-refractivity contribution in [2.24, 2.45) is 0 Å². The summed E-state index contributed by atoms with van der Waals surface area (Å²) in [6, 6.07) is 6.24. The van der Waals surface area contributed by atoms with Crippen LogP contribution in [0.3, 0.4) is 0 Å². The normalized spacial score (nSPS) is 18.4. The molecule has 1 saturated heterocycles. The standard InChI is InChI=1S/C17H19ClN2O3S2/c1-11-9-12(2)16(13(18)10-11)19-17(21)14-5-3-7-20(14)25(22,23)15-6-4-8-24-15/h4,6,8-10,14H,3,5,7H2,1-2H3,(H,19,21). The maximum absolute atomic E-state index is 12.8. The fraction of sp³-hybridized carbons (Fsp3) is 0.353. The van der Waals surface area contributed by atoms with E-state index >= 15 is 0 Å². The van der Waals surface area contributed by atoms with Crippen molar-refractivity contribution in [2.75, 3.05) is 11.9 Å². The van der Waals surface area contributed by atoms with Crippen LogP contribution in [0, 0.1) is 13.8 Å². The lowest BCUT2D eigenvalue weighted by atomic mass is 10.1. The van der Waals surface area contributed by atoms with Crippen LogP contribution in [0.15, 0.2) is 33.9 Å². The Morgan fingerprint density at radius 2 is 2.12 bits per heavy atom. The Morgan fingerprint density at radius 3 is 2.76 bits per heavy atom. The number of hydrogen-bond acceptors (Lipinski definition) is 4. The Kier molecular flexibility index (Phi) is 5.20. The molecule has 1 N–H and O–H groups in total. The van der Waals surface area contributed by atoms with Crippen LogP contribution < -0.4 is 5.32 Å². The highest BCUT2D eigenvalue weighted by molar-refractivity contribution is 7.91. The molecular weight excluding hydrogens is 380 g/mol. The quantitative estimate of drug-likeness (QED) is 0.851. The zero-order valence-electron chi connectivity index (χ0n) is 14.0. The third kappa shape index (κ3) is 3.60. The summed E-state index contributed by atoms with van der Waals surface area (Å²) in [5.74, 6) is -0.341. The molecule has 0 radical (unpaired) electrons. The average molecular weight is 399 g/mol. The van der Waals surface area contributed by atoms with Crippen LogP contribution in [0.2, 0.25) is 5.02 Å². The Morgan fingerprint density at radius 1 is 1.36 bits per heavy atom. The molecule has 25 heavy (non-hydrogen) atoms. The first-order chi connectivity index (χ1) is 11.8. The first-order valence-corrected chi connectivity index (χ1v) is 10.6. The Balaban J connectivity index is 1.85. The van der Waals surface area contributed by atoms with Crippen molar-refractivity contribution < 1.29 is 13.2 Å². The lowest BCUT2D eigenvalue weighted by molar-refractivity contribution is -0.119. The Bertz CT molecular complexity index is 872. The van der Waals surface area contributed by atoms with Gasteiger partial charge in [0.05, 0.1) is 10.7 Å². The lowest BCUT2D eigenvalue weighted by Crippen LogP contribution is -2.43. The van der Waals surface area contributed by atoms with Crippen LogP contribution in [-0.2, 0) is 14.8 Å². The SMILES string of the molecule is Cc1cc(C)c(NC(=O)C2CCCN2S(=O)(=O)c2cccs2)c(Cl)c1. The minimum absolute atomic E-state index is 0.261. The van der Waals surface area contributed by atoms with Crippen LogP contribution >= 0.6 is 22.9 Å². The number of carbonyl (C=O) groups excluding carboxylic acids is 1. The number of aryl methyl sites for hydroxylation is 2. The molecule has 2 aromatic rings. The van der Waals surface area contributed by atoms with E-state index in [2.05, 4.69) is 5.32 Å². The number of carbonyl (C=O) groups is 1. The number of sulfonamides is 1. The molecular formula is C17H19ClN2O3S2. The summed E-state index contributed by atoms with van der Waals surface area (Å²) in [4.78, 5) is 12.8. The number of nitrogens with zero attached hydrogens (tertiary/aromatic N) is 1. The van der Waals surface area contributed by atoms with E-state index in [1.165, 1.54) is 4.31 Å². The fourth-order valence-corrected chi connectivity index (χ4v) is 6.24. The van der Waals surface area contributed by atoms with Gasteiger partial charge in [-0.1, -0.05) is 23.7 Å². The minimum atomic E-state index is -3.65. The molecule has 0 saturated carbocycles. The van der Waals surface area contributed by atoms with E-state index in [0.717, 1.165) is 22.5 Å². The first kappa shape index (κ1) is 18.4. The van der Waals surface area contributed by atoms with Gasteiger partial charge in [-0.25, -0.2) is 8.42 Å². The van der Waals surface area contributed by atoms with Gasteiger partial charge < -0.3 is 5.32 Å². The largest absolute Gasteiger partial charge is 0.323 e. The molecule has 1 fully saturated rings. The summed E-state index contributed by atoms with van der Waals surface area (Å²) in [7, 11) is -3.65. The molecule has 1 aromatic carbocycles. The smallest absolute Gasteiger partial charge is 0.253 e. The maximum Gasteiger partial charge on any atom is 0.253 e. The lowest BCUT2D eigenvalue weighted by Gasteiger charge is -2.23. The predicted octanol–water partition coefficient (Wildman–Crippen LogP) is 3.81. The molecule has 1 aliphatic rings. The van der Waals surface area contributed by atoms with Crippen molar-refractivity contribution in [2.45, 2.75) is 36.9 Å². The molecule has 3 rings (SSSR count). The molecule has 134 valence electrons. The highest BCUT2D eigenvalue weighted by Crippen LogP contribution is 2.31. The molecule has 2 heterocycles. The van der Waals surface area contributed by atoms with E-state index in [9.17, 15) is 13.2 Å². The van der Waals surface area contributed by atoms with Crippen molar-refractivity contribution in [3.63, 3.8) is 0 Å². The van der Waals surface area contributed by atoms with E-state index < -0.39 is 16.1 Å². The number of hydrogen-bond donors (Lipinski definition) is 1. The zero-order valence-corrected chi connectivity index (χ0v) is 16.3. The molecule has 1 amide bonds. The Labute approximate surface area is 156 Å². The van der Waals surface area contributed by atoms with Crippen molar-refractivity contribution in [3.8, 4) is 0 Å². The summed E-state index contributed by atoms with van der Waals surface area (Å²) < 4.78 is 27.1. The third-order valence-corrected chi connectivity index (χ3v) is 7.82. The molecule has 1 atom stereocenters. The maximum atomic E-state index is 12.8. The minimum Gasteiger partial charge on any atom is -0.323 e. The van der Waals surface area contributed by atoms with Gasteiger partial charge in [0.15, 0.2) is 0 Å². The van der Waals surface area contributed by atoms with Crippen LogP contribution in [0.25, 0.3) is 0 Å². The second-order valence-corrected chi connectivity index (χ2v) is 9.61. The van der Waals surface area contributed by atoms with Crippen LogP contribution in [0.1, 0.15) is 24.0 Å².